The highest BCUT2D eigenvalue weighted by Crippen LogP contribution is 2.33. The van der Waals surface area contributed by atoms with Gasteiger partial charge in [-0.15, -0.1) is 0 Å². The van der Waals surface area contributed by atoms with Crippen molar-refractivity contribution in [2.24, 2.45) is 0 Å². The van der Waals surface area contributed by atoms with Crippen molar-refractivity contribution in [3.8, 4) is 0 Å². The molecule has 19 heteroatoms. The Balaban J connectivity index is 1.44. The number of rotatable bonds is 55. The minimum atomic E-state index is -1.99. The summed E-state index contributed by atoms with van der Waals surface area (Å²) < 4.78 is 34.4. The number of amides is 1. The van der Waals surface area contributed by atoms with Gasteiger partial charge in [0, 0.05) is 6.42 Å². The van der Waals surface area contributed by atoms with Gasteiger partial charge in [0.25, 0.3) is 0 Å². The molecule has 0 aromatic carbocycles. The molecule has 0 aromatic heterocycles. The Bertz CT molecular complexity index is 2010. The van der Waals surface area contributed by atoms with Crippen LogP contribution in [-0.4, -0.2) is 193 Å². The van der Waals surface area contributed by atoms with E-state index in [2.05, 4.69) is 92.1 Å². The summed E-state index contributed by atoms with van der Waals surface area (Å²) in [5, 5.41) is 121. The van der Waals surface area contributed by atoms with Gasteiger partial charge < -0.3 is 89.9 Å². The predicted molar refractivity (Wildman–Crippen MR) is 364 cm³/mol. The number of carbonyl (C=O) groups excluding carboxylic acids is 1. The molecule has 3 fully saturated rings. The van der Waals surface area contributed by atoms with Crippen LogP contribution in [0.3, 0.4) is 0 Å². The molecule has 17 atom stereocenters. The molecule has 3 aliphatic heterocycles. The standard InChI is InChI=1S/C74H129NO18/c1-3-5-7-9-11-13-15-17-19-21-23-25-27-28-30-32-34-36-38-40-42-44-46-48-50-52-62(80)75-57(58(79)51-49-47-45-43-41-39-37-35-33-31-29-26-24-22-20-18-16-14-12-10-8-6-4-2)56-88-72-68(86)65(83)70(60(54-77)90-72)93-74-69(87)66(84)71(61(55-78)91-74)92-73-67(85)64(82)63(81)59(53-76)89-73/h5,7,11,13,17,19,23,25,33,35,41,43,49,51,57-61,63-74,76-79,81-87H,3-4,6,8-10,12,14-16,18,20-22,24,26-32,34,36-40,42,44-48,50,52-56H2,1-2H3,(H,75,80)/b7-5-,13-11-,19-17-,25-23-,35-33+,43-41+,51-49+. The summed E-state index contributed by atoms with van der Waals surface area (Å²) in [5.74, 6) is -0.294. The number of allylic oxidation sites excluding steroid dienone is 13. The van der Waals surface area contributed by atoms with Gasteiger partial charge in [-0.1, -0.05) is 240 Å². The molecule has 0 spiro atoms. The number of hydrogen-bond donors (Lipinski definition) is 12. The Morgan fingerprint density at radius 3 is 1.20 bits per heavy atom. The topological polar surface area (TPSA) is 307 Å². The van der Waals surface area contributed by atoms with Gasteiger partial charge in [-0.3, -0.25) is 4.79 Å². The molecule has 538 valence electrons. The second kappa shape index (κ2) is 54.9. The van der Waals surface area contributed by atoms with E-state index in [0.29, 0.717) is 12.8 Å². The quantitative estimate of drug-likeness (QED) is 0.0199. The first-order chi connectivity index (χ1) is 45.3. The van der Waals surface area contributed by atoms with Gasteiger partial charge in [-0.25, -0.2) is 0 Å². The van der Waals surface area contributed by atoms with E-state index >= 15 is 0 Å². The van der Waals surface area contributed by atoms with Gasteiger partial charge in [0.1, 0.15) is 73.2 Å². The fourth-order valence-corrected chi connectivity index (χ4v) is 11.8. The second-order valence-corrected chi connectivity index (χ2v) is 25.6. The average Bonchev–Trinajstić information content (AvgIpc) is 0.819. The summed E-state index contributed by atoms with van der Waals surface area (Å²) in [7, 11) is 0. The van der Waals surface area contributed by atoms with Gasteiger partial charge in [0.05, 0.1) is 38.6 Å². The van der Waals surface area contributed by atoms with Crippen molar-refractivity contribution < 1.29 is 89.4 Å². The lowest BCUT2D eigenvalue weighted by molar-refractivity contribution is -0.379. The summed E-state index contributed by atoms with van der Waals surface area (Å²) in [4.78, 5) is 13.4. The lowest BCUT2D eigenvalue weighted by Gasteiger charge is -2.48. The van der Waals surface area contributed by atoms with E-state index < -0.39 is 124 Å². The fourth-order valence-electron chi connectivity index (χ4n) is 11.8. The maximum atomic E-state index is 13.4. The van der Waals surface area contributed by atoms with Crippen LogP contribution in [0.25, 0.3) is 0 Å². The molecule has 0 saturated carbocycles. The molecule has 19 nitrogen and oxygen atoms in total. The van der Waals surface area contributed by atoms with E-state index in [1.807, 2.05) is 6.08 Å². The molecule has 93 heavy (non-hydrogen) atoms. The van der Waals surface area contributed by atoms with Crippen LogP contribution in [0.5, 0.6) is 0 Å². The number of aliphatic hydroxyl groups is 11. The molecular formula is C74H129NO18. The van der Waals surface area contributed by atoms with Crippen LogP contribution in [0.4, 0.5) is 0 Å². The average molecular weight is 1320 g/mol. The second-order valence-electron chi connectivity index (χ2n) is 25.6. The van der Waals surface area contributed by atoms with Crippen molar-refractivity contribution >= 4 is 5.91 Å². The molecule has 3 heterocycles. The molecule has 0 aliphatic carbocycles. The first-order valence-corrected chi connectivity index (χ1v) is 36.3. The van der Waals surface area contributed by atoms with E-state index in [-0.39, 0.29) is 18.9 Å². The Morgan fingerprint density at radius 1 is 0.398 bits per heavy atom. The molecule has 0 aromatic rings. The van der Waals surface area contributed by atoms with Gasteiger partial charge in [0.15, 0.2) is 18.9 Å². The Morgan fingerprint density at radius 2 is 0.753 bits per heavy atom. The lowest BCUT2D eigenvalue weighted by Crippen LogP contribution is -2.66. The predicted octanol–water partition coefficient (Wildman–Crippen LogP) is 10.3. The Hall–Kier alpha value is -3.03. The van der Waals surface area contributed by atoms with Gasteiger partial charge in [-0.2, -0.15) is 0 Å². The molecule has 1 amide bonds. The third kappa shape index (κ3) is 36.4. The molecule has 3 rings (SSSR count). The summed E-state index contributed by atoms with van der Waals surface area (Å²) in [5.41, 5.74) is 0. The highest BCUT2D eigenvalue weighted by molar-refractivity contribution is 5.76. The zero-order valence-corrected chi connectivity index (χ0v) is 57.0. The number of carbonyl (C=O) groups is 1. The molecule has 0 bridgehead atoms. The van der Waals surface area contributed by atoms with E-state index in [1.54, 1.807) is 6.08 Å². The van der Waals surface area contributed by atoms with Crippen LogP contribution in [0.2, 0.25) is 0 Å². The summed E-state index contributed by atoms with van der Waals surface area (Å²) >= 11 is 0. The van der Waals surface area contributed by atoms with Crippen molar-refractivity contribution in [3.05, 3.63) is 85.1 Å². The van der Waals surface area contributed by atoms with Gasteiger partial charge >= 0.3 is 0 Å². The minimum Gasteiger partial charge on any atom is -0.394 e. The van der Waals surface area contributed by atoms with E-state index in [4.69, 9.17) is 28.4 Å². The maximum absolute atomic E-state index is 13.4. The molecule has 17 unspecified atom stereocenters. The van der Waals surface area contributed by atoms with Gasteiger partial charge in [0.2, 0.25) is 5.91 Å². The zero-order valence-electron chi connectivity index (χ0n) is 57.0. The monoisotopic (exact) mass is 1320 g/mol. The zero-order chi connectivity index (χ0) is 67.5. The van der Waals surface area contributed by atoms with Gasteiger partial charge in [-0.05, 0) is 83.5 Å². The molecule has 0 radical (unpaired) electrons. The molecule has 12 N–H and O–H groups in total. The van der Waals surface area contributed by atoms with Crippen LogP contribution in [0.1, 0.15) is 245 Å². The van der Waals surface area contributed by atoms with E-state index in [9.17, 15) is 61.0 Å². The fraction of sp³-hybridized carbons (Fsp3) is 0.797. The third-order valence-electron chi connectivity index (χ3n) is 17.7. The first-order valence-electron chi connectivity index (χ1n) is 36.3. The number of ether oxygens (including phenoxy) is 6. The van der Waals surface area contributed by atoms with Crippen LogP contribution >= 0.6 is 0 Å². The van der Waals surface area contributed by atoms with Crippen LogP contribution in [0.15, 0.2) is 85.1 Å². The Labute approximate surface area is 559 Å². The largest absolute Gasteiger partial charge is 0.394 e. The third-order valence-corrected chi connectivity index (χ3v) is 17.7. The van der Waals surface area contributed by atoms with Crippen molar-refractivity contribution in [1.82, 2.24) is 5.32 Å². The number of nitrogens with one attached hydrogen (secondary N) is 1. The van der Waals surface area contributed by atoms with E-state index in [1.165, 1.54) is 128 Å². The maximum Gasteiger partial charge on any atom is 0.220 e. The first kappa shape index (κ1) is 84.2. The highest BCUT2D eigenvalue weighted by atomic mass is 16.8. The summed E-state index contributed by atoms with van der Waals surface area (Å²) in [6.45, 7) is 1.60. The van der Waals surface area contributed by atoms with Crippen molar-refractivity contribution in [2.75, 3.05) is 26.4 Å². The number of aliphatic hydroxyl groups excluding tert-OH is 11. The SMILES string of the molecule is CC/C=C\C/C=C\C/C=C\C/C=C\CCCCCCCCCCCCCCC(=O)NC(COC1OC(CO)C(OC2OC(CO)C(OC3OC(CO)C(O)C(O)C3O)C(O)C2O)C(O)C1O)C(O)/C=C/CC/C=C/CC/C=C/CCCCCCCCCCCCCCC. The van der Waals surface area contributed by atoms with Crippen molar-refractivity contribution in [3.63, 3.8) is 0 Å². The van der Waals surface area contributed by atoms with E-state index in [0.717, 1.165) is 83.5 Å². The van der Waals surface area contributed by atoms with Crippen molar-refractivity contribution in [1.29, 1.82) is 0 Å². The van der Waals surface area contributed by atoms with Crippen LogP contribution in [-0.2, 0) is 33.2 Å². The normalized spacial score (nSPS) is 28.0. The number of hydrogen-bond acceptors (Lipinski definition) is 18. The summed E-state index contributed by atoms with van der Waals surface area (Å²) in [6.07, 6.45) is 44.1. The van der Waals surface area contributed by atoms with Crippen LogP contribution < -0.4 is 5.32 Å². The minimum absolute atomic E-state index is 0.225. The Kier molecular flexibility index (Phi) is 49.7. The summed E-state index contributed by atoms with van der Waals surface area (Å²) in [6, 6.07) is -1.00. The smallest absolute Gasteiger partial charge is 0.220 e. The van der Waals surface area contributed by atoms with Crippen LogP contribution in [0, 0.1) is 0 Å². The molecule has 3 aliphatic rings. The lowest BCUT2D eigenvalue weighted by atomic mass is 9.96. The molecular weight excluding hydrogens is 1190 g/mol. The van der Waals surface area contributed by atoms with Crippen molar-refractivity contribution in [2.45, 2.75) is 349 Å². The molecule has 3 saturated heterocycles. The highest BCUT2D eigenvalue weighted by Gasteiger charge is 2.53. The number of unbranched alkanes of at least 4 members (excludes halogenated alkanes) is 27.